The van der Waals surface area contributed by atoms with Gasteiger partial charge in [0.25, 0.3) is 0 Å². The number of hydrogen-bond donors (Lipinski definition) is 7. The number of nitrogens with two attached hydrogens (primary N) is 2. The zero-order valence-electron chi connectivity index (χ0n) is 31.3. The van der Waals surface area contributed by atoms with Gasteiger partial charge in [-0.05, 0) is 131 Å². The molecule has 284 valence electrons. The number of hydrogen-bond acceptors (Lipinski definition) is 8. The molecule has 2 aliphatic heterocycles. The highest BCUT2D eigenvalue weighted by molar-refractivity contribution is 5.95. The van der Waals surface area contributed by atoms with Crippen molar-refractivity contribution in [3.63, 3.8) is 0 Å². The predicted octanol–water partition coefficient (Wildman–Crippen LogP) is 3.33. The molecule has 50 heavy (non-hydrogen) atoms. The molecule has 6 fully saturated rings. The monoisotopic (exact) mass is 702 g/mol. The van der Waals surface area contributed by atoms with E-state index in [0.717, 1.165) is 69.4 Å². The van der Waals surface area contributed by atoms with E-state index >= 15 is 0 Å². The summed E-state index contributed by atoms with van der Waals surface area (Å²) < 4.78 is 6.68. The number of quaternary nitrogens is 1. The maximum Gasteiger partial charge on any atom is 0.159 e. The van der Waals surface area contributed by atoms with Crippen molar-refractivity contribution in [2.45, 2.75) is 178 Å². The van der Waals surface area contributed by atoms with Gasteiger partial charge in [0, 0.05) is 23.7 Å². The Bertz CT molecular complexity index is 1280. The molecule has 9 nitrogen and oxygen atoms in total. The molecule has 17 atom stereocenters. The van der Waals surface area contributed by atoms with Crippen molar-refractivity contribution in [3.8, 4) is 0 Å². The average Bonchev–Trinajstić information content (AvgIpc) is 3.46. The lowest BCUT2D eigenvalue weighted by atomic mass is 9.44. The third kappa shape index (κ3) is 5.91. The summed E-state index contributed by atoms with van der Waals surface area (Å²) in [6, 6.07) is 0. The summed E-state index contributed by atoms with van der Waals surface area (Å²) >= 11 is 0. The fourth-order valence-electron chi connectivity index (χ4n) is 13.6. The Morgan fingerprint density at radius 1 is 1.02 bits per heavy atom. The van der Waals surface area contributed by atoms with Crippen molar-refractivity contribution >= 4 is 5.78 Å². The molecule has 0 aromatic heterocycles. The van der Waals surface area contributed by atoms with Crippen LogP contribution in [0.1, 0.15) is 130 Å². The van der Waals surface area contributed by atoms with E-state index in [1.807, 2.05) is 0 Å². The van der Waals surface area contributed by atoms with Crippen LogP contribution in [0.2, 0.25) is 0 Å². The van der Waals surface area contributed by atoms with E-state index in [2.05, 4.69) is 26.1 Å². The lowest BCUT2D eigenvalue weighted by Crippen LogP contribution is -2.95. The summed E-state index contributed by atoms with van der Waals surface area (Å²) in [7, 11) is 0. The summed E-state index contributed by atoms with van der Waals surface area (Å²) in [4.78, 5) is 14.2. The highest BCUT2D eigenvalue weighted by Crippen LogP contribution is 2.69. The first-order chi connectivity index (χ1) is 23.7. The van der Waals surface area contributed by atoms with E-state index in [-0.39, 0.29) is 42.2 Å². The predicted molar refractivity (Wildman–Crippen MR) is 190 cm³/mol. The molecular weight excluding hydrogens is 632 g/mol. The lowest BCUT2D eigenvalue weighted by molar-refractivity contribution is -0.703. The number of aliphatic hydroxyl groups is 5. The van der Waals surface area contributed by atoms with Gasteiger partial charge in [0.05, 0.1) is 42.2 Å². The van der Waals surface area contributed by atoms with Crippen LogP contribution in [0, 0.1) is 52.3 Å². The number of aliphatic hydroxyl groups excluding tert-OH is 3. The van der Waals surface area contributed by atoms with Crippen LogP contribution >= 0.6 is 0 Å². The number of rotatable bonds is 8. The molecule has 4 saturated carbocycles. The number of carbonyl (C=O) groups is 1. The molecule has 0 aromatic carbocycles. The smallest absolute Gasteiger partial charge is 0.159 e. The molecule has 0 amide bonds. The third-order valence-electron chi connectivity index (χ3n) is 16.6. The van der Waals surface area contributed by atoms with Crippen molar-refractivity contribution in [2.75, 3.05) is 6.54 Å². The summed E-state index contributed by atoms with van der Waals surface area (Å²) in [5.41, 5.74) is 2.84. The Kier molecular flexibility index (Phi) is 10.3. The Labute approximate surface area is 300 Å². The zero-order chi connectivity index (χ0) is 35.8. The fraction of sp³-hybridized carbons (Fsp3) is 0.927. The van der Waals surface area contributed by atoms with Gasteiger partial charge in [0.15, 0.2) is 5.78 Å². The summed E-state index contributed by atoms with van der Waals surface area (Å²) in [5, 5.41) is 61.7. The molecule has 9 heteroatoms. The molecule has 2 saturated heterocycles. The first-order valence-electron chi connectivity index (χ1n) is 20.7. The minimum Gasteiger partial charge on any atom is -0.390 e. The molecule has 7 rings (SSSR count). The minimum absolute atomic E-state index is 0.0415. The molecule has 7 aliphatic rings. The number of allylic oxidation sites excluding steroid dienone is 1. The summed E-state index contributed by atoms with van der Waals surface area (Å²) in [6.07, 6.45) is 12.2. The van der Waals surface area contributed by atoms with Crippen molar-refractivity contribution in [3.05, 3.63) is 11.6 Å². The molecule has 2 unspecified atom stereocenters. The topological polar surface area (TPSA) is 170 Å². The van der Waals surface area contributed by atoms with Crippen molar-refractivity contribution < 1.29 is 40.4 Å². The highest BCUT2D eigenvalue weighted by Gasteiger charge is 2.70. The second kappa shape index (κ2) is 13.7. The first-order valence-corrected chi connectivity index (χ1v) is 20.7. The average molecular weight is 702 g/mol. The van der Waals surface area contributed by atoms with Crippen molar-refractivity contribution in [1.29, 1.82) is 0 Å². The zero-order valence-corrected chi connectivity index (χ0v) is 31.3. The Morgan fingerprint density at radius 2 is 1.76 bits per heavy atom. The Balaban J connectivity index is 1.13. The van der Waals surface area contributed by atoms with Gasteiger partial charge in [0.2, 0.25) is 0 Å². The van der Waals surface area contributed by atoms with Gasteiger partial charge in [-0.15, -0.1) is 0 Å². The van der Waals surface area contributed by atoms with E-state index < -0.39 is 52.4 Å². The fourth-order valence-corrected chi connectivity index (χ4v) is 13.6. The minimum atomic E-state index is -1.50. The second-order valence-electron chi connectivity index (χ2n) is 19.1. The number of fused-ring (bicyclic) bond motifs is 6. The molecule has 0 bridgehead atoms. The van der Waals surface area contributed by atoms with Crippen LogP contribution < -0.4 is 11.1 Å². The maximum atomic E-state index is 14.2. The quantitative estimate of drug-likeness (QED) is 0.202. The molecule has 0 spiro atoms. The van der Waals surface area contributed by atoms with Crippen LogP contribution in [-0.4, -0.2) is 85.7 Å². The van der Waals surface area contributed by atoms with E-state index in [9.17, 15) is 30.3 Å². The number of piperidine rings is 1. The van der Waals surface area contributed by atoms with Crippen LogP contribution in [0.15, 0.2) is 11.6 Å². The van der Waals surface area contributed by atoms with E-state index in [4.69, 9.17) is 10.5 Å². The molecular formula is C41H69N2O7+. The Morgan fingerprint density at radius 3 is 2.48 bits per heavy atom. The van der Waals surface area contributed by atoms with Gasteiger partial charge in [-0.1, -0.05) is 40.0 Å². The van der Waals surface area contributed by atoms with E-state index in [1.54, 1.807) is 13.0 Å². The number of ketones is 1. The van der Waals surface area contributed by atoms with Crippen LogP contribution in [0.25, 0.3) is 0 Å². The second-order valence-corrected chi connectivity index (χ2v) is 19.1. The standard InChI is InChI=1S/C41H68N2O7/c1-5-6-24-7-10-26-23(2)36(50-33(26)11-8-24)37(47)39(4,48)34-15-18-41(49)28-19-30(44)29-20-31(45)32(46)21-40(29,27(28)14-16-38(34,41)3)17-13-25-9-12-35(42)43-22-25/h19,23-27,29,31-37,43,45-49H,5-18,20-22,42H2,1-4H3/p+1/t23-,24-,25?,26+,27+,29+,31+,32-,33+,34+,35?,36+,37+,38+,39+,40+,41-/m0/s1. The number of carbonyl (C=O) groups excluding carboxylic acids is 1. The SMILES string of the molecule is CCC[C@H]1CC[C@@H]2[C@H](C)[C@H]([C@@H](O)[C@](C)(O)[C@@H]3CC[C@]4(O)C5=CC(=O)[C@H]6C[C@@H](O)[C@@H](O)C[C@]6(CCC6CCC(N)[NH2+]C6)[C@@H]5CC[C@]34C)O[C@@H]2CC1. The molecule has 0 aromatic rings. The Hall–Kier alpha value is -0.910. The number of ether oxygens (including phenoxy) is 1. The molecule has 2 heterocycles. The highest BCUT2D eigenvalue weighted by atomic mass is 16.5. The van der Waals surface area contributed by atoms with Crippen molar-refractivity contribution in [1.82, 2.24) is 0 Å². The van der Waals surface area contributed by atoms with Crippen LogP contribution in [0.4, 0.5) is 0 Å². The molecule has 0 radical (unpaired) electrons. The van der Waals surface area contributed by atoms with Crippen LogP contribution in [0.3, 0.4) is 0 Å². The normalized spacial score (nSPS) is 51.0. The van der Waals surface area contributed by atoms with E-state index in [0.29, 0.717) is 37.5 Å². The van der Waals surface area contributed by atoms with Crippen LogP contribution in [0.5, 0.6) is 0 Å². The largest absolute Gasteiger partial charge is 0.390 e. The van der Waals surface area contributed by atoms with Gasteiger partial charge in [-0.25, -0.2) is 0 Å². The molecule has 5 aliphatic carbocycles. The van der Waals surface area contributed by atoms with Gasteiger partial charge in [-0.2, -0.15) is 0 Å². The van der Waals surface area contributed by atoms with Crippen molar-refractivity contribution in [2.24, 2.45) is 58.0 Å². The summed E-state index contributed by atoms with van der Waals surface area (Å²) in [5.74, 6) is 0.841. The van der Waals surface area contributed by atoms with Crippen LogP contribution in [-0.2, 0) is 9.53 Å². The van der Waals surface area contributed by atoms with Gasteiger partial charge >= 0.3 is 0 Å². The van der Waals surface area contributed by atoms with Gasteiger partial charge < -0.3 is 35.6 Å². The van der Waals surface area contributed by atoms with E-state index in [1.165, 1.54) is 19.3 Å². The first kappa shape index (κ1) is 37.4. The van der Waals surface area contributed by atoms with Gasteiger partial charge in [0.1, 0.15) is 12.3 Å². The molecule has 9 N–H and O–H groups in total. The summed E-state index contributed by atoms with van der Waals surface area (Å²) in [6.45, 7) is 9.24. The van der Waals surface area contributed by atoms with Gasteiger partial charge in [-0.3, -0.25) is 10.5 Å². The third-order valence-corrected chi connectivity index (χ3v) is 16.6. The lowest BCUT2D eigenvalue weighted by Gasteiger charge is -2.62. The maximum absolute atomic E-state index is 14.2.